The number of fused-ring (bicyclic) bond motifs is 1. The second kappa shape index (κ2) is 7.47. The summed E-state index contributed by atoms with van der Waals surface area (Å²) < 4.78 is 18.1. The maximum atomic E-state index is 12.0. The van der Waals surface area contributed by atoms with E-state index < -0.39 is 8.32 Å². The van der Waals surface area contributed by atoms with Gasteiger partial charge in [-0.05, 0) is 15.4 Å². The van der Waals surface area contributed by atoms with Crippen LogP contribution in [0.25, 0.3) is 0 Å². The van der Waals surface area contributed by atoms with E-state index in [4.69, 9.17) is 13.9 Å². The van der Waals surface area contributed by atoms with Crippen molar-refractivity contribution in [3.8, 4) is 0 Å². The van der Waals surface area contributed by atoms with Crippen molar-refractivity contribution in [1.82, 2.24) is 0 Å². The lowest BCUT2D eigenvalue weighted by atomic mass is 10.1. The molecule has 0 unspecified atom stereocenters. The number of benzene rings is 2. The van der Waals surface area contributed by atoms with Crippen LogP contribution in [0.15, 0.2) is 60.7 Å². The van der Waals surface area contributed by atoms with E-state index in [2.05, 4.69) is 69.3 Å². The van der Waals surface area contributed by atoms with Crippen LogP contribution in [0.2, 0.25) is 5.04 Å². The van der Waals surface area contributed by atoms with Gasteiger partial charge in [0.05, 0.1) is 25.2 Å². The summed E-state index contributed by atoms with van der Waals surface area (Å²) in [7, 11) is -2.61. The average Bonchev–Trinajstić information content (AvgIpc) is 3.40. The topological polar surface area (TPSA) is 48.1 Å². The van der Waals surface area contributed by atoms with E-state index in [1.54, 1.807) is 0 Å². The normalized spacial score (nSPS) is 24.8. The molecule has 0 saturated carbocycles. The van der Waals surface area contributed by atoms with E-state index in [0.717, 1.165) is 0 Å². The highest BCUT2D eigenvalue weighted by atomic mass is 28.4. The maximum Gasteiger partial charge on any atom is 0.308 e. The van der Waals surface area contributed by atoms with Gasteiger partial charge < -0.3 is 13.9 Å². The molecule has 2 aliphatic rings. The van der Waals surface area contributed by atoms with Gasteiger partial charge in [0.15, 0.2) is 0 Å². The molecule has 2 aromatic carbocycles. The standard InChI is InChI=1S/C23H28O4Si/c1-23(2,3)28(18-10-6-4-7-11-18,19-12-8-5-9-13-19)25-16-17-14-20-21(27-20)15-22(24)26-17/h4-13,17,20-21H,14-16H2,1-3H3/t17-,20-,21+/m0/s1. The molecule has 2 aromatic rings. The van der Waals surface area contributed by atoms with Gasteiger partial charge in [-0.25, -0.2) is 0 Å². The number of hydrogen-bond donors (Lipinski definition) is 0. The lowest BCUT2D eigenvalue weighted by molar-refractivity contribution is -0.151. The van der Waals surface area contributed by atoms with E-state index in [1.165, 1.54) is 10.4 Å². The molecule has 3 atom stereocenters. The van der Waals surface area contributed by atoms with Crippen LogP contribution in [0.5, 0.6) is 0 Å². The first-order chi connectivity index (χ1) is 13.4. The average molecular weight is 397 g/mol. The third-order valence-corrected chi connectivity index (χ3v) is 10.8. The van der Waals surface area contributed by atoms with Crippen molar-refractivity contribution < 1.29 is 18.7 Å². The Balaban J connectivity index is 1.69. The molecule has 0 radical (unpaired) electrons. The molecule has 0 aliphatic carbocycles. The smallest absolute Gasteiger partial charge is 0.308 e. The number of ether oxygens (including phenoxy) is 2. The van der Waals surface area contributed by atoms with Gasteiger partial charge >= 0.3 is 5.97 Å². The molecular weight excluding hydrogens is 368 g/mol. The molecule has 148 valence electrons. The van der Waals surface area contributed by atoms with Gasteiger partial charge in [-0.2, -0.15) is 0 Å². The first kappa shape index (κ1) is 19.4. The number of rotatable bonds is 5. The maximum absolute atomic E-state index is 12.0. The van der Waals surface area contributed by atoms with Crippen molar-refractivity contribution in [2.24, 2.45) is 0 Å². The number of carbonyl (C=O) groups excluding carboxylic acids is 1. The highest BCUT2D eigenvalue weighted by molar-refractivity contribution is 6.99. The summed E-state index contributed by atoms with van der Waals surface area (Å²) in [6.07, 6.45) is 1.01. The highest BCUT2D eigenvalue weighted by Crippen LogP contribution is 2.38. The van der Waals surface area contributed by atoms with Crippen LogP contribution in [-0.2, 0) is 18.7 Å². The predicted molar refractivity (Wildman–Crippen MR) is 111 cm³/mol. The van der Waals surface area contributed by atoms with E-state index in [0.29, 0.717) is 19.4 Å². The lowest BCUT2D eigenvalue weighted by Gasteiger charge is -2.43. The van der Waals surface area contributed by atoms with Crippen molar-refractivity contribution in [3.05, 3.63) is 60.7 Å². The zero-order valence-electron chi connectivity index (χ0n) is 16.8. The Morgan fingerprint density at radius 3 is 2.07 bits per heavy atom. The summed E-state index contributed by atoms with van der Waals surface area (Å²) in [5.74, 6) is -0.180. The Hall–Kier alpha value is -1.95. The summed E-state index contributed by atoms with van der Waals surface area (Å²) >= 11 is 0. The second-order valence-corrected chi connectivity index (χ2v) is 13.0. The van der Waals surface area contributed by atoms with Crippen molar-refractivity contribution in [2.75, 3.05) is 6.61 Å². The molecule has 0 amide bonds. The van der Waals surface area contributed by atoms with Crippen LogP contribution < -0.4 is 10.4 Å². The summed E-state index contributed by atoms with van der Waals surface area (Å²) in [6.45, 7) is 7.14. The predicted octanol–water partition coefficient (Wildman–Crippen LogP) is 3.04. The fraction of sp³-hybridized carbons (Fsp3) is 0.435. The Bertz CT molecular complexity index is 776. The third-order valence-electron chi connectivity index (χ3n) is 5.75. The van der Waals surface area contributed by atoms with Crippen LogP contribution >= 0.6 is 0 Å². The Morgan fingerprint density at radius 1 is 0.964 bits per heavy atom. The van der Waals surface area contributed by atoms with Crippen molar-refractivity contribution in [3.63, 3.8) is 0 Å². The van der Waals surface area contributed by atoms with Crippen LogP contribution in [0.1, 0.15) is 33.6 Å². The Kier molecular flexibility index (Phi) is 5.16. The summed E-state index contributed by atoms with van der Waals surface area (Å²) in [6, 6.07) is 21.0. The van der Waals surface area contributed by atoms with Gasteiger partial charge in [0.1, 0.15) is 6.10 Å². The van der Waals surface area contributed by atoms with Crippen molar-refractivity contribution in [2.45, 2.75) is 57.0 Å². The molecule has 2 saturated heterocycles. The van der Waals surface area contributed by atoms with Crippen molar-refractivity contribution >= 4 is 24.7 Å². The van der Waals surface area contributed by atoms with Gasteiger partial charge in [0.25, 0.3) is 8.32 Å². The minimum Gasteiger partial charge on any atom is -0.460 e. The molecule has 2 aliphatic heterocycles. The molecule has 2 heterocycles. The van der Waals surface area contributed by atoms with Gasteiger partial charge in [-0.1, -0.05) is 81.4 Å². The molecule has 0 aromatic heterocycles. The number of hydrogen-bond acceptors (Lipinski definition) is 4. The summed E-state index contributed by atoms with van der Waals surface area (Å²) in [5, 5.41) is 2.37. The van der Waals surface area contributed by atoms with Gasteiger partial charge in [0.2, 0.25) is 0 Å². The summed E-state index contributed by atoms with van der Waals surface area (Å²) in [5.41, 5.74) is 0. The molecular formula is C23H28O4Si. The lowest BCUT2D eigenvalue weighted by Crippen LogP contribution is -2.67. The van der Waals surface area contributed by atoms with E-state index in [-0.39, 0.29) is 29.3 Å². The zero-order chi connectivity index (χ0) is 19.8. The van der Waals surface area contributed by atoms with Crippen LogP contribution in [-0.4, -0.2) is 39.2 Å². The van der Waals surface area contributed by atoms with Gasteiger partial charge in [0, 0.05) is 6.42 Å². The monoisotopic (exact) mass is 396 g/mol. The number of carbonyl (C=O) groups is 1. The quantitative estimate of drug-likeness (QED) is 0.443. The Labute approximate surface area is 167 Å². The number of cyclic esters (lactones) is 1. The minimum absolute atomic E-state index is 0.0466. The first-order valence-corrected chi connectivity index (χ1v) is 11.9. The SMILES string of the molecule is CC(C)(C)[Si](OC[C@@H]1C[C@@H]2O[C@@H]2CC(=O)O1)(c1ccccc1)c1ccccc1. The minimum atomic E-state index is -2.61. The summed E-state index contributed by atoms with van der Waals surface area (Å²) in [4.78, 5) is 12.0. The van der Waals surface area contributed by atoms with Gasteiger partial charge in [-0.15, -0.1) is 0 Å². The van der Waals surface area contributed by atoms with E-state index in [9.17, 15) is 4.79 Å². The molecule has 0 bridgehead atoms. The first-order valence-electron chi connectivity index (χ1n) is 10.00. The largest absolute Gasteiger partial charge is 0.460 e. The molecule has 0 spiro atoms. The molecule has 5 heteroatoms. The number of esters is 1. The molecule has 28 heavy (non-hydrogen) atoms. The van der Waals surface area contributed by atoms with Gasteiger partial charge in [-0.3, -0.25) is 4.79 Å². The molecule has 4 nitrogen and oxygen atoms in total. The molecule has 4 rings (SSSR count). The van der Waals surface area contributed by atoms with Crippen LogP contribution in [0.3, 0.4) is 0 Å². The molecule has 2 fully saturated rings. The van der Waals surface area contributed by atoms with E-state index >= 15 is 0 Å². The molecule has 0 N–H and O–H groups in total. The number of epoxide rings is 1. The van der Waals surface area contributed by atoms with E-state index in [1.807, 2.05) is 12.1 Å². The fourth-order valence-electron chi connectivity index (χ4n) is 4.35. The zero-order valence-corrected chi connectivity index (χ0v) is 17.8. The van der Waals surface area contributed by atoms with Crippen LogP contribution in [0.4, 0.5) is 0 Å². The third kappa shape index (κ3) is 3.66. The van der Waals surface area contributed by atoms with Crippen molar-refractivity contribution in [1.29, 1.82) is 0 Å². The Morgan fingerprint density at radius 2 is 1.54 bits per heavy atom. The fourth-order valence-corrected chi connectivity index (χ4v) is 8.94. The van der Waals surface area contributed by atoms with Crippen LogP contribution in [0, 0.1) is 0 Å². The highest BCUT2D eigenvalue weighted by Gasteiger charge is 2.51. The second-order valence-electron chi connectivity index (χ2n) is 8.74.